The Labute approximate surface area is 265 Å². The second kappa shape index (κ2) is 15.3. The Morgan fingerprint density at radius 1 is 1.07 bits per heavy atom. The first kappa shape index (κ1) is 32.3. The van der Waals surface area contributed by atoms with Crippen LogP contribution in [0.4, 0.5) is 0 Å². The number of para-hydroxylation sites is 2. The topological polar surface area (TPSA) is 123 Å². The summed E-state index contributed by atoms with van der Waals surface area (Å²) in [7, 11) is 1.73. The first-order chi connectivity index (χ1) is 21.9. The lowest BCUT2D eigenvalue weighted by Gasteiger charge is -2.33. The van der Waals surface area contributed by atoms with E-state index in [4.69, 9.17) is 20.6 Å². The number of aromatic nitrogens is 2. The van der Waals surface area contributed by atoms with Crippen LogP contribution in [0.3, 0.4) is 0 Å². The number of imidazole rings is 1. The standard InChI is InChI=1S/C36H45N5O4/c1-25(24-42)38-36(44)29-16-14-28(15-17-29)27-12-10-26(11-13-27)21-31(37)22-34(43)40-18-5-7-30(23-40)35-39-32-8-3-4-9-33(32)41(35)19-6-20-45-2/h3-4,8-17,25,30-31,42H,5-7,18-24,37H2,1-2H3,(H,38,44)/t25-,30+,31+/m0/s1. The molecule has 0 unspecified atom stereocenters. The number of ether oxygens (including phenoxy) is 1. The lowest BCUT2D eigenvalue weighted by molar-refractivity contribution is -0.132. The van der Waals surface area contributed by atoms with E-state index in [1.807, 2.05) is 53.4 Å². The van der Waals surface area contributed by atoms with Gasteiger partial charge in [0.25, 0.3) is 5.91 Å². The number of hydrogen-bond acceptors (Lipinski definition) is 6. The van der Waals surface area contributed by atoms with Crippen LogP contribution in [0, 0.1) is 0 Å². The molecule has 0 bridgehead atoms. The van der Waals surface area contributed by atoms with Crippen molar-refractivity contribution in [3.63, 3.8) is 0 Å². The lowest BCUT2D eigenvalue weighted by atomic mass is 9.95. The third-order valence-corrected chi connectivity index (χ3v) is 8.57. The molecule has 3 atom stereocenters. The molecule has 1 saturated heterocycles. The summed E-state index contributed by atoms with van der Waals surface area (Å²) in [6.45, 7) is 4.60. The van der Waals surface area contributed by atoms with Crippen molar-refractivity contribution >= 4 is 22.8 Å². The van der Waals surface area contributed by atoms with Gasteiger partial charge >= 0.3 is 0 Å². The molecule has 9 heteroatoms. The van der Waals surface area contributed by atoms with Crippen LogP contribution in [-0.4, -0.2) is 76.9 Å². The summed E-state index contributed by atoms with van der Waals surface area (Å²) in [5, 5.41) is 11.9. The van der Waals surface area contributed by atoms with E-state index in [9.17, 15) is 9.59 Å². The monoisotopic (exact) mass is 611 g/mol. The quantitative estimate of drug-likeness (QED) is 0.191. The summed E-state index contributed by atoms with van der Waals surface area (Å²) in [5.74, 6) is 1.14. The van der Waals surface area contributed by atoms with E-state index in [1.165, 1.54) is 0 Å². The number of likely N-dealkylation sites (tertiary alicyclic amines) is 1. The molecule has 4 aromatic rings. The zero-order valence-electron chi connectivity index (χ0n) is 26.3. The van der Waals surface area contributed by atoms with Crippen LogP contribution in [-0.2, 0) is 22.5 Å². The van der Waals surface area contributed by atoms with Gasteiger partial charge in [0.15, 0.2) is 0 Å². The Kier molecular flexibility index (Phi) is 11.0. The minimum absolute atomic E-state index is 0.100. The van der Waals surface area contributed by atoms with Crippen LogP contribution in [0.2, 0.25) is 0 Å². The van der Waals surface area contributed by atoms with Gasteiger partial charge in [-0.3, -0.25) is 9.59 Å². The maximum absolute atomic E-state index is 13.4. The number of fused-ring (bicyclic) bond motifs is 1. The highest BCUT2D eigenvalue weighted by molar-refractivity contribution is 5.94. The molecule has 9 nitrogen and oxygen atoms in total. The van der Waals surface area contributed by atoms with Crippen molar-refractivity contribution in [3.05, 3.63) is 89.7 Å². The average molecular weight is 612 g/mol. The normalized spacial score (nSPS) is 16.4. The lowest BCUT2D eigenvalue weighted by Crippen LogP contribution is -2.42. The second-order valence-electron chi connectivity index (χ2n) is 12.1. The first-order valence-electron chi connectivity index (χ1n) is 15.9. The number of aliphatic hydroxyl groups is 1. The largest absolute Gasteiger partial charge is 0.394 e. The van der Waals surface area contributed by atoms with Gasteiger partial charge in [-0.15, -0.1) is 0 Å². The molecule has 3 aromatic carbocycles. The maximum Gasteiger partial charge on any atom is 0.251 e. The summed E-state index contributed by atoms with van der Waals surface area (Å²) in [6.07, 6.45) is 3.78. The Morgan fingerprint density at radius 3 is 2.49 bits per heavy atom. The second-order valence-corrected chi connectivity index (χ2v) is 12.1. The van der Waals surface area contributed by atoms with Crippen molar-refractivity contribution in [2.45, 2.75) is 63.6 Å². The van der Waals surface area contributed by atoms with Gasteiger partial charge in [-0.25, -0.2) is 4.98 Å². The number of carbonyl (C=O) groups is 2. The van der Waals surface area contributed by atoms with Crippen LogP contribution >= 0.6 is 0 Å². The number of piperidine rings is 1. The third kappa shape index (κ3) is 8.16. The molecule has 5 rings (SSSR count). The molecule has 2 amide bonds. The molecule has 1 aliphatic rings. The number of aliphatic hydroxyl groups excluding tert-OH is 1. The van der Waals surface area contributed by atoms with E-state index < -0.39 is 0 Å². The Hall–Kier alpha value is -4.05. The summed E-state index contributed by atoms with van der Waals surface area (Å²) >= 11 is 0. The summed E-state index contributed by atoms with van der Waals surface area (Å²) in [5.41, 5.74) is 12.3. The van der Waals surface area contributed by atoms with Gasteiger partial charge in [0.2, 0.25) is 5.91 Å². The van der Waals surface area contributed by atoms with Crippen molar-refractivity contribution in [1.82, 2.24) is 19.8 Å². The molecule has 2 heterocycles. The minimum atomic E-state index is -0.296. The van der Waals surface area contributed by atoms with E-state index in [0.717, 1.165) is 65.9 Å². The Bertz CT molecular complexity index is 1570. The molecule has 0 spiro atoms. The van der Waals surface area contributed by atoms with Crippen LogP contribution in [0.25, 0.3) is 22.2 Å². The summed E-state index contributed by atoms with van der Waals surface area (Å²) in [4.78, 5) is 32.7. The number of amides is 2. The molecule has 0 saturated carbocycles. The molecule has 45 heavy (non-hydrogen) atoms. The van der Waals surface area contributed by atoms with Crippen molar-refractivity contribution in [2.75, 3.05) is 33.4 Å². The fraction of sp³-hybridized carbons (Fsp3) is 0.417. The zero-order chi connectivity index (χ0) is 31.8. The smallest absolute Gasteiger partial charge is 0.251 e. The van der Waals surface area contributed by atoms with Gasteiger partial charge in [0.1, 0.15) is 5.82 Å². The number of methoxy groups -OCH3 is 1. The van der Waals surface area contributed by atoms with E-state index in [2.05, 4.69) is 22.0 Å². The Balaban J connectivity index is 1.16. The number of benzene rings is 3. The molecule has 238 valence electrons. The van der Waals surface area contributed by atoms with Crippen molar-refractivity contribution in [2.24, 2.45) is 5.73 Å². The molecular formula is C36H45N5O4. The van der Waals surface area contributed by atoms with E-state index >= 15 is 0 Å². The summed E-state index contributed by atoms with van der Waals surface area (Å²) < 4.78 is 7.61. The molecule has 4 N–H and O–H groups in total. The highest BCUT2D eigenvalue weighted by Gasteiger charge is 2.29. The third-order valence-electron chi connectivity index (χ3n) is 8.57. The van der Waals surface area contributed by atoms with Gasteiger partial charge < -0.3 is 30.4 Å². The molecule has 0 radical (unpaired) electrons. The number of nitrogens with zero attached hydrogens (tertiary/aromatic N) is 3. The van der Waals surface area contributed by atoms with E-state index in [0.29, 0.717) is 31.6 Å². The highest BCUT2D eigenvalue weighted by atomic mass is 16.5. The maximum atomic E-state index is 13.4. The Morgan fingerprint density at radius 2 is 1.78 bits per heavy atom. The predicted octanol–water partition coefficient (Wildman–Crippen LogP) is 4.52. The molecular weight excluding hydrogens is 566 g/mol. The van der Waals surface area contributed by atoms with Crippen LogP contribution in [0.5, 0.6) is 0 Å². The van der Waals surface area contributed by atoms with Gasteiger partial charge in [0, 0.05) is 63.3 Å². The number of nitrogens with two attached hydrogens (primary N) is 1. The minimum Gasteiger partial charge on any atom is -0.394 e. The molecule has 0 aliphatic carbocycles. The van der Waals surface area contributed by atoms with Gasteiger partial charge in [-0.2, -0.15) is 0 Å². The van der Waals surface area contributed by atoms with Gasteiger partial charge in [0.05, 0.1) is 17.6 Å². The number of aryl methyl sites for hydroxylation is 1. The van der Waals surface area contributed by atoms with Crippen LogP contribution in [0.1, 0.15) is 60.3 Å². The number of rotatable bonds is 13. The van der Waals surface area contributed by atoms with Crippen LogP contribution in [0.15, 0.2) is 72.8 Å². The molecule has 1 fully saturated rings. The first-order valence-corrected chi connectivity index (χ1v) is 15.9. The van der Waals surface area contributed by atoms with Crippen LogP contribution < -0.4 is 11.1 Å². The van der Waals surface area contributed by atoms with Crippen molar-refractivity contribution in [1.29, 1.82) is 0 Å². The van der Waals surface area contributed by atoms with Gasteiger partial charge in [-0.1, -0.05) is 48.5 Å². The number of carbonyl (C=O) groups excluding carboxylic acids is 2. The summed E-state index contributed by atoms with van der Waals surface area (Å²) in [6, 6.07) is 23.3. The number of hydrogen-bond donors (Lipinski definition) is 3. The van der Waals surface area contributed by atoms with E-state index in [1.54, 1.807) is 26.2 Å². The highest BCUT2D eigenvalue weighted by Crippen LogP contribution is 2.30. The SMILES string of the molecule is COCCCn1c([C@@H]2CCCN(C(=O)C[C@H](N)Cc3ccc(-c4ccc(C(=O)N[C@@H](C)CO)cc4)cc3)C2)nc2ccccc21. The predicted molar refractivity (Wildman–Crippen MR) is 177 cm³/mol. The van der Waals surface area contributed by atoms with E-state index in [-0.39, 0.29) is 36.4 Å². The molecule has 1 aromatic heterocycles. The average Bonchev–Trinajstić information content (AvgIpc) is 3.43. The van der Waals surface area contributed by atoms with Crippen molar-refractivity contribution < 1.29 is 19.4 Å². The fourth-order valence-electron chi connectivity index (χ4n) is 6.15. The number of nitrogens with one attached hydrogen (secondary N) is 1. The zero-order valence-corrected chi connectivity index (χ0v) is 26.3. The van der Waals surface area contributed by atoms with Gasteiger partial charge in [-0.05, 0) is 73.6 Å². The molecule has 1 aliphatic heterocycles. The van der Waals surface area contributed by atoms with Crippen molar-refractivity contribution in [3.8, 4) is 11.1 Å². The fourth-order valence-corrected chi connectivity index (χ4v) is 6.15.